The number of aryl methyl sites for hydroxylation is 1. The average Bonchev–Trinajstić information content (AvgIpc) is 3.34. The Morgan fingerprint density at radius 1 is 1.15 bits per heavy atom. The van der Waals surface area contributed by atoms with Crippen molar-refractivity contribution in [1.82, 2.24) is 29.4 Å². The first-order valence-corrected chi connectivity index (χ1v) is 12.5. The summed E-state index contributed by atoms with van der Waals surface area (Å²) in [5.74, 6) is 5.83. The second-order valence-electron chi connectivity index (χ2n) is 9.41. The van der Waals surface area contributed by atoms with E-state index >= 15 is 0 Å². The minimum absolute atomic E-state index is 0.0733. The van der Waals surface area contributed by atoms with E-state index in [0.717, 1.165) is 31.6 Å². The molecule has 0 atom stereocenters. The number of anilines is 3. The molecule has 1 aromatic carbocycles. The van der Waals surface area contributed by atoms with Gasteiger partial charge in [-0.25, -0.2) is 9.97 Å². The van der Waals surface area contributed by atoms with Gasteiger partial charge >= 0.3 is 6.18 Å². The summed E-state index contributed by atoms with van der Waals surface area (Å²) in [5.41, 5.74) is 0.591. The van der Waals surface area contributed by atoms with Gasteiger partial charge in [0.25, 0.3) is 5.56 Å². The van der Waals surface area contributed by atoms with Crippen LogP contribution >= 0.6 is 0 Å². The summed E-state index contributed by atoms with van der Waals surface area (Å²) in [6, 6.07) is 9.52. The molecule has 1 aliphatic rings. The van der Waals surface area contributed by atoms with Crippen molar-refractivity contribution >= 4 is 28.4 Å². The summed E-state index contributed by atoms with van der Waals surface area (Å²) in [4.78, 5) is 27.9. The van der Waals surface area contributed by atoms with Crippen molar-refractivity contribution in [1.29, 1.82) is 0 Å². The Morgan fingerprint density at radius 3 is 2.56 bits per heavy atom. The maximum atomic E-state index is 13.5. The van der Waals surface area contributed by atoms with Crippen LogP contribution in [0, 0.1) is 11.8 Å². The number of nitrogens with one attached hydrogen (secondary N) is 2. The Morgan fingerprint density at radius 2 is 1.90 bits per heavy atom. The fourth-order valence-electron chi connectivity index (χ4n) is 4.56. The number of nitrogens with zero attached hydrogens (tertiary/aromatic N) is 6. The lowest BCUT2D eigenvalue weighted by Crippen LogP contribution is -2.41. The van der Waals surface area contributed by atoms with Crippen LogP contribution in [0.3, 0.4) is 0 Å². The van der Waals surface area contributed by atoms with Gasteiger partial charge in [0.05, 0.1) is 5.56 Å². The second-order valence-corrected chi connectivity index (χ2v) is 9.41. The Bertz CT molecular complexity index is 1590. The predicted molar refractivity (Wildman–Crippen MR) is 143 cm³/mol. The summed E-state index contributed by atoms with van der Waals surface area (Å²) >= 11 is 0. The number of hydrogen-bond acceptors (Lipinski definition) is 7. The lowest BCUT2D eigenvalue weighted by molar-refractivity contribution is -0.140. The van der Waals surface area contributed by atoms with E-state index in [1.807, 2.05) is 24.3 Å². The van der Waals surface area contributed by atoms with Crippen molar-refractivity contribution in [2.75, 3.05) is 30.4 Å². The molecule has 1 fully saturated rings. The number of imidazole rings is 1. The third-order valence-corrected chi connectivity index (χ3v) is 6.68. The van der Waals surface area contributed by atoms with Crippen LogP contribution in [0.5, 0.6) is 0 Å². The first-order chi connectivity index (χ1) is 18.7. The maximum Gasteiger partial charge on any atom is 0.406 e. The van der Waals surface area contributed by atoms with Gasteiger partial charge in [-0.2, -0.15) is 18.2 Å². The molecule has 39 heavy (non-hydrogen) atoms. The van der Waals surface area contributed by atoms with Crippen LogP contribution in [-0.2, 0) is 13.6 Å². The third kappa shape index (κ3) is 6.04. The zero-order valence-corrected chi connectivity index (χ0v) is 21.5. The fourth-order valence-corrected chi connectivity index (χ4v) is 4.56. The van der Waals surface area contributed by atoms with Crippen molar-refractivity contribution in [3.05, 3.63) is 70.7 Å². The molecule has 0 saturated carbocycles. The summed E-state index contributed by atoms with van der Waals surface area (Å²) in [6.07, 6.45) is 2.08. The molecule has 1 aliphatic heterocycles. The van der Waals surface area contributed by atoms with E-state index in [4.69, 9.17) is 0 Å². The van der Waals surface area contributed by atoms with E-state index in [-0.39, 0.29) is 22.5 Å². The van der Waals surface area contributed by atoms with Crippen LogP contribution in [0.2, 0.25) is 0 Å². The van der Waals surface area contributed by atoms with Gasteiger partial charge in [0.15, 0.2) is 5.82 Å². The molecular formula is C27H27F3N8O. The molecule has 0 amide bonds. The molecule has 0 unspecified atom stereocenters. The molecule has 9 nitrogen and oxygen atoms in total. The van der Waals surface area contributed by atoms with E-state index in [2.05, 4.69) is 49.4 Å². The number of rotatable bonds is 5. The van der Waals surface area contributed by atoms with E-state index in [1.165, 1.54) is 18.5 Å². The smallest absolute Gasteiger partial charge is 0.372 e. The minimum atomic E-state index is -4.64. The summed E-state index contributed by atoms with van der Waals surface area (Å²) in [6.45, 7) is 0.478. The molecule has 2 N–H and O–H groups in total. The lowest BCUT2D eigenvalue weighted by Gasteiger charge is -2.33. The summed E-state index contributed by atoms with van der Waals surface area (Å²) in [5, 5.41) is 6.65. The van der Waals surface area contributed by atoms with Gasteiger partial charge in [0.1, 0.15) is 12.2 Å². The van der Waals surface area contributed by atoms with Gasteiger partial charge in [-0.3, -0.25) is 9.36 Å². The first kappa shape index (κ1) is 26.2. The summed E-state index contributed by atoms with van der Waals surface area (Å²) in [7, 11) is 3.79. The van der Waals surface area contributed by atoms with Crippen LogP contribution < -0.4 is 21.1 Å². The molecule has 0 aliphatic carbocycles. The SMILES string of the molecule is CN(c1ccc(Nc2ncc3cc(C#Cc4nccn4C)c(=O)n(CC(F)(F)F)c3n2)cc1)C1CCNCC1. The van der Waals surface area contributed by atoms with Crippen molar-refractivity contribution in [2.45, 2.75) is 31.6 Å². The monoisotopic (exact) mass is 536 g/mol. The molecule has 4 heterocycles. The molecule has 0 radical (unpaired) electrons. The largest absolute Gasteiger partial charge is 0.406 e. The van der Waals surface area contributed by atoms with Crippen molar-refractivity contribution in [3.8, 4) is 11.8 Å². The van der Waals surface area contributed by atoms with E-state index in [0.29, 0.717) is 22.1 Å². The Hall–Kier alpha value is -4.37. The highest BCUT2D eigenvalue weighted by molar-refractivity contribution is 5.77. The molecule has 1 saturated heterocycles. The highest BCUT2D eigenvalue weighted by Crippen LogP contribution is 2.24. The van der Waals surface area contributed by atoms with Crippen LogP contribution in [0.15, 0.2) is 53.7 Å². The number of piperidine rings is 1. The maximum absolute atomic E-state index is 13.5. The number of aromatic nitrogens is 5. The van der Waals surface area contributed by atoms with E-state index < -0.39 is 18.3 Å². The number of pyridine rings is 1. The van der Waals surface area contributed by atoms with Crippen LogP contribution in [-0.4, -0.2) is 56.4 Å². The second kappa shape index (κ2) is 10.8. The molecule has 4 aromatic rings. The third-order valence-electron chi connectivity index (χ3n) is 6.68. The Kier molecular flexibility index (Phi) is 7.26. The number of benzene rings is 1. The topological polar surface area (TPSA) is 92.9 Å². The zero-order chi connectivity index (χ0) is 27.6. The number of alkyl halides is 3. The molecular weight excluding hydrogens is 509 g/mol. The quantitative estimate of drug-likeness (QED) is 0.378. The number of hydrogen-bond donors (Lipinski definition) is 2. The van der Waals surface area contributed by atoms with Crippen molar-refractivity contribution in [3.63, 3.8) is 0 Å². The summed E-state index contributed by atoms with van der Waals surface area (Å²) < 4.78 is 42.6. The van der Waals surface area contributed by atoms with Gasteiger partial charge in [0.2, 0.25) is 5.95 Å². The standard InChI is InChI=1S/C27H27F3N8O/c1-36-14-13-32-23(36)8-3-18-15-19-16-33-26(35-24(19)38(25(18)39)17-27(28,29)30)34-20-4-6-21(7-5-20)37(2)22-9-11-31-12-10-22/h4-7,13-16,22,31H,9-12,17H2,1-2H3,(H,33,34,35). The van der Waals surface area contributed by atoms with Gasteiger partial charge in [-0.05, 0) is 62.2 Å². The van der Waals surface area contributed by atoms with Crippen LogP contribution in [0.1, 0.15) is 24.2 Å². The molecule has 0 bridgehead atoms. The molecule has 5 rings (SSSR count). The van der Waals surface area contributed by atoms with Gasteiger partial charge in [0, 0.05) is 55.5 Å². The van der Waals surface area contributed by atoms with Gasteiger partial charge in [-0.1, -0.05) is 5.92 Å². The predicted octanol–water partition coefficient (Wildman–Crippen LogP) is 3.42. The average molecular weight is 537 g/mol. The van der Waals surface area contributed by atoms with Gasteiger partial charge < -0.3 is 20.1 Å². The van der Waals surface area contributed by atoms with E-state index in [9.17, 15) is 18.0 Å². The normalized spacial score (nSPS) is 14.2. The minimum Gasteiger partial charge on any atom is -0.372 e. The van der Waals surface area contributed by atoms with E-state index in [1.54, 1.807) is 17.8 Å². The van der Waals surface area contributed by atoms with Crippen molar-refractivity contribution in [2.24, 2.45) is 7.05 Å². The molecule has 3 aromatic heterocycles. The van der Waals surface area contributed by atoms with Crippen LogP contribution in [0.4, 0.5) is 30.5 Å². The highest BCUT2D eigenvalue weighted by atomic mass is 19.4. The van der Waals surface area contributed by atoms with Crippen molar-refractivity contribution < 1.29 is 13.2 Å². The van der Waals surface area contributed by atoms with Crippen LogP contribution in [0.25, 0.3) is 11.0 Å². The number of fused-ring (bicyclic) bond motifs is 1. The Labute approximate surface area is 222 Å². The molecule has 12 heteroatoms. The highest BCUT2D eigenvalue weighted by Gasteiger charge is 2.30. The first-order valence-electron chi connectivity index (χ1n) is 12.5. The number of halogens is 3. The fraction of sp³-hybridized carbons (Fsp3) is 0.333. The lowest BCUT2D eigenvalue weighted by atomic mass is 10.0. The molecule has 202 valence electrons. The van der Waals surface area contributed by atoms with Gasteiger partial charge in [-0.15, -0.1) is 0 Å². The Balaban J connectivity index is 1.44. The molecule has 0 spiro atoms. The zero-order valence-electron chi connectivity index (χ0n) is 21.5.